The smallest absolute Gasteiger partial charge is 0.116 e. The van der Waals surface area contributed by atoms with Crippen molar-refractivity contribution in [3.05, 3.63) is 17.5 Å². The average molecular weight is 207 g/mol. The van der Waals surface area contributed by atoms with Gasteiger partial charge in [-0.15, -0.1) is 0 Å². The standard InChI is InChI=1S/C13H23N2/c1-5-12-10-14-15(13(12)6-2)9-7-8-11(3)4/h11H,5-9H2,1-4H3. The summed E-state index contributed by atoms with van der Waals surface area (Å²) in [5, 5.41) is 4.35. The molecule has 0 N–H and O–H groups in total. The van der Waals surface area contributed by atoms with Crippen molar-refractivity contribution >= 4 is 0 Å². The molecule has 0 amide bonds. The maximum Gasteiger partial charge on any atom is 0.116 e. The van der Waals surface area contributed by atoms with Gasteiger partial charge >= 0.3 is 0 Å². The molecule has 0 aromatic carbocycles. The van der Waals surface area contributed by atoms with Crippen LogP contribution in [0, 0.1) is 12.1 Å². The number of rotatable bonds is 6. The molecule has 1 aromatic heterocycles. The minimum absolute atomic E-state index is 0.792. The van der Waals surface area contributed by atoms with Gasteiger partial charge < -0.3 is 0 Å². The Morgan fingerprint density at radius 2 is 2.00 bits per heavy atom. The molecule has 0 aliphatic rings. The molecule has 0 spiro atoms. The van der Waals surface area contributed by atoms with Gasteiger partial charge in [-0.05, 0) is 31.6 Å². The van der Waals surface area contributed by atoms with Crippen LogP contribution < -0.4 is 0 Å². The van der Waals surface area contributed by atoms with Gasteiger partial charge in [-0.2, -0.15) is 5.10 Å². The van der Waals surface area contributed by atoms with Gasteiger partial charge in [-0.1, -0.05) is 27.7 Å². The van der Waals surface area contributed by atoms with E-state index in [1.54, 1.807) is 0 Å². The van der Waals surface area contributed by atoms with Crippen LogP contribution in [0.4, 0.5) is 0 Å². The molecule has 0 aliphatic carbocycles. The summed E-state index contributed by atoms with van der Waals surface area (Å²) >= 11 is 0. The fourth-order valence-corrected chi connectivity index (χ4v) is 1.91. The van der Waals surface area contributed by atoms with Crippen molar-refractivity contribution in [2.45, 2.75) is 59.9 Å². The van der Waals surface area contributed by atoms with E-state index >= 15 is 0 Å². The summed E-state index contributed by atoms with van der Waals surface area (Å²) in [5.41, 5.74) is 2.67. The lowest BCUT2D eigenvalue weighted by atomic mass is 10.1. The third-order valence-electron chi connectivity index (χ3n) is 2.81. The summed E-state index contributed by atoms with van der Waals surface area (Å²) in [6.45, 7) is 9.97. The zero-order valence-corrected chi connectivity index (χ0v) is 10.5. The summed E-state index contributed by atoms with van der Waals surface area (Å²) in [4.78, 5) is 0. The molecule has 0 saturated carbocycles. The Labute approximate surface area is 93.7 Å². The Morgan fingerprint density at radius 3 is 2.53 bits per heavy atom. The lowest BCUT2D eigenvalue weighted by Crippen LogP contribution is -2.06. The van der Waals surface area contributed by atoms with Gasteiger partial charge in [0.1, 0.15) is 6.20 Å². The maximum absolute atomic E-state index is 4.35. The molecular weight excluding hydrogens is 184 g/mol. The van der Waals surface area contributed by atoms with Crippen LogP contribution in [0.2, 0.25) is 0 Å². The largest absolute Gasteiger partial charge is 0.269 e. The zero-order valence-electron chi connectivity index (χ0n) is 10.5. The van der Waals surface area contributed by atoms with Crippen molar-refractivity contribution in [2.75, 3.05) is 0 Å². The first-order valence-electron chi connectivity index (χ1n) is 6.15. The Kier molecular flexibility index (Phi) is 4.86. The van der Waals surface area contributed by atoms with Gasteiger partial charge in [0.05, 0.1) is 0 Å². The molecule has 1 aromatic rings. The first-order chi connectivity index (χ1) is 7.19. The van der Waals surface area contributed by atoms with Crippen molar-refractivity contribution in [2.24, 2.45) is 5.92 Å². The highest BCUT2D eigenvalue weighted by atomic mass is 15.3. The molecule has 0 bridgehead atoms. The van der Waals surface area contributed by atoms with Crippen LogP contribution in [-0.2, 0) is 19.4 Å². The van der Waals surface area contributed by atoms with Crippen molar-refractivity contribution in [1.82, 2.24) is 9.78 Å². The maximum atomic E-state index is 4.35. The first-order valence-corrected chi connectivity index (χ1v) is 6.15. The summed E-state index contributed by atoms with van der Waals surface area (Å²) in [6, 6.07) is 0. The van der Waals surface area contributed by atoms with Crippen LogP contribution in [0.15, 0.2) is 0 Å². The molecule has 1 rings (SSSR count). The van der Waals surface area contributed by atoms with E-state index in [0.29, 0.717) is 0 Å². The zero-order chi connectivity index (χ0) is 11.3. The number of aromatic nitrogens is 2. The molecule has 0 unspecified atom stereocenters. The lowest BCUT2D eigenvalue weighted by Gasteiger charge is -2.08. The summed E-state index contributed by atoms with van der Waals surface area (Å²) in [5.74, 6) is 0.792. The Bertz CT molecular complexity index is 287. The SMILES string of the molecule is CCc1[c]nn(CCCC(C)C)c1CC. The van der Waals surface area contributed by atoms with Crippen LogP contribution in [0.5, 0.6) is 0 Å². The first kappa shape index (κ1) is 12.3. The van der Waals surface area contributed by atoms with E-state index in [-0.39, 0.29) is 0 Å². The Morgan fingerprint density at radius 1 is 1.27 bits per heavy atom. The normalized spacial score (nSPS) is 11.3. The van der Waals surface area contributed by atoms with E-state index < -0.39 is 0 Å². The highest BCUT2D eigenvalue weighted by Crippen LogP contribution is 2.12. The van der Waals surface area contributed by atoms with Crippen LogP contribution >= 0.6 is 0 Å². The van der Waals surface area contributed by atoms with E-state index in [0.717, 1.165) is 25.3 Å². The van der Waals surface area contributed by atoms with Gasteiger partial charge in [0.15, 0.2) is 0 Å². The molecule has 0 aliphatic heterocycles. The molecule has 0 atom stereocenters. The van der Waals surface area contributed by atoms with Crippen LogP contribution in [0.1, 0.15) is 51.8 Å². The second-order valence-electron chi connectivity index (χ2n) is 4.50. The van der Waals surface area contributed by atoms with Crippen molar-refractivity contribution in [3.8, 4) is 0 Å². The number of aryl methyl sites for hydroxylation is 2. The highest BCUT2D eigenvalue weighted by molar-refractivity contribution is 5.16. The minimum atomic E-state index is 0.792. The highest BCUT2D eigenvalue weighted by Gasteiger charge is 2.07. The molecule has 1 heterocycles. The second kappa shape index (κ2) is 5.94. The third-order valence-corrected chi connectivity index (χ3v) is 2.81. The quantitative estimate of drug-likeness (QED) is 0.700. The summed E-state index contributed by atoms with van der Waals surface area (Å²) < 4.78 is 2.14. The topological polar surface area (TPSA) is 17.8 Å². The van der Waals surface area contributed by atoms with Gasteiger partial charge in [0.25, 0.3) is 0 Å². The fraction of sp³-hybridized carbons (Fsp3) is 0.769. The van der Waals surface area contributed by atoms with Gasteiger partial charge in [-0.25, -0.2) is 0 Å². The van der Waals surface area contributed by atoms with Crippen molar-refractivity contribution in [1.29, 1.82) is 0 Å². The minimum Gasteiger partial charge on any atom is -0.269 e. The van der Waals surface area contributed by atoms with Crippen molar-refractivity contribution < 1.29 is 0 Å². The van der Waals surface area contributed by atoms with Crippen molar-refractivity contribution in [3.63, 3.8) is 0 Å². The third kappa shape index (κ3) is 3.37. The average Bonchev–Trinajstić information content (AvgIpc) is 2.59. The predicted molar refractivity (Wildman–Crippen MR) is 63.9 cm³/mol. The lowest BCUT2D eigenvalue weighted by molar-refractivity contribution is 0.480. The summed E-state index contributed by atoms with van der Waals surface area (Å²) in [7, 11) is 0. The van der Waals surface area contributed by atoms with Gasteiger partial charge in [0.2, 0.25) is 0 Å². The molecule has 2 heteroatoms. The van der Waals surface area contributed by atoms with Crippen LogP contribution in [0.3, 0.4) is 0 Å². The number of hydrogen-bond donors (Lipinski definition) is 0. The van der Waals surface area contributed by atoms with Gasteiger partial charge in [0, 0.05) is 17.8 Å². The number of hydrogen-bond acceptors (Lipinski definition) is 1. The van der Waals surface area contributed by atoms with E-state index in [1.165, 1.54) is 24.1 Å². The molecule has 0 fully saturated rings. The van der Waals surface area contributed by atoms with E-state index in [9.17, 15) is 0 Å². The monoisotopic (exact) mass is 207 g/mol. The van der Waals surface area contributed by atoms with E-state index in [1.807, 2.05) is 0 Å². The number of nitrogens with zero attached hydrogens (tertiary/aromatic N) is 2. The Balaban J connectivity index is 2.56. The fourth-order valence-electron chi connectivity index (χ4n) is 1.91. The molecule has 15 heavy (non-hydrogen) atoms. The molecule has 0 saturated heterocycles. The molecule has 85 valence electrons. The van der Waals surface area contributed by atoms with E-state index in [4.69, 9.17) is 0 Å². The van der Waals surface area contributed by atoms with Gasteiger partial charge in [-0.3, -0.25) is 4.68 Å². The van der Waals surface area contributed by atoms with E-state index in [2.05, 4.69) is 43.7 Å². The second-order valence-corrected chi connectivity index (χ2v) is 4.50. The summed E-state index contributed by atoms with van der Waals surface area (Å²) in [6.07, 6.45) is 7.75. The van der Waals surface area contributed by atoms with Crippen LogP contribution in [-0.4, -0.2) is 9.78 Å². The molecular formula is C13H23N2. The molecule has 2 nitrogen and oxygen atoms in total. The molecule has 1 radical (unpaired) electrons. The predicted octanol–water partition coefficient (Wildman–Crippen LogP) is 3.24. The Hall–Kier alpha value is -0.790. The van der Waals surface area contributed by atoms with Crippen LogP contribution in [0.25, 0.3) is 0 Å².